The molecule has 0 fully saturated rings. The second kappa shape index (κ2) is 6.11. The molecule has 0 heterocycles. The van der Waals surface area contributed by atoms with Crippen molar-refractivity contribution in [3.05, 3.63) is 32.8 Å². The van der Waals surface area contributed by atoms with Gasteiger partial charge in [-0.25, -0.2) is 0 Å². The summed E-state index contributed by atoms with van der Waals surface area (Å²) in [6.45, 7) is 2.26. The third kappa shape index (κ3) is 4.08. The number of nitro groups is 1. The molecule has 17 heavy (non-hydrogen) atoms. The highest BCUT2D eigenvalue weighted by Crippen LogP contribution is 2.27. The first kappa shape index (κ1) is 14.1. The van der Waals surface area contributed by atoms with E-state index in [0.29, 0.717) is 16.7 Å². The molecule has 0 aliphatic heterocycles. The first-order chi connectivity index (χ1) is 7.91. The molecule has 0 radical (unpaired) electrons. The molecule has 2 atom stereocenters. The zero-order valence-corrected chi connectivity index (χ0v) is 11.9. The summed E-state index contributed by atoms with van der Waals surface area (Å²) in [5.74, 6) is 0. The van der Waals surface area contributed by atoms with Crippen LogP contribution >= 0.6 is 15.9 Å². The molecule has 5 nitrogen and oxygen atoms in total. The molecule has 7 heteroatoms. The van der Waals surface area contributed by atoms with Gasteiger partial charge in [0.2, 0.25) is 0 Å². The van der Waals surface area contributed by atoms with E-state index >= 15 is 0 Å². The number of rotatable bonds is 5. The molecule has 0 amide bonds. The minimum Gasteiger partial charge on any atom is -0.378 e. The number of halogens is 1. The Labute approximate surface area is 110 Å². The van der Waals surface area contributed by atoms with E-state index < -0.39 is 15.7 Å². The lowest BCUT2D eigenvalue weighted by molar-refractivity contribution is -0.384. The average molecular weight is 321 g/mol. The van der Waals surface area contributed by atoms with E-state index in [-0.39, 0.29) is 10.9 Å². The van der Waals surface area contributed by atoms with Crippen molar-refractivity contribution in [2.75, 3.05) is 18.1 Å². The van der Waals surface area contributed by atoms with Crippen molar-refractivity contribution < 1.29 is 9.13 Å². The molecule has 1 N–H and O–H groups in total. The second-order valence-electron chi connectivity index (χ2n) is 3.61. The summed E-state index contributed by atoms with van der Waals surface area (Å²) in [5.41, 5.74) is 0.448. The summed E-state index contributed by atoms with van der Waals surface area (Å²) < 4.78 is 11.8. The van der Waals surface area contributed by atoms with E-state index in [1.165, 1.54) is 6.07 Å². The van der Waals surface area contributed by atoms with Gasteiger partial charge in [-0.3, -0.25) is 14.3 Å². The molecular weight excluding hydrogens is 308 g/mol. The zero-order chi connectivity index (χ0) is 13.0. The van der Waals surface area contributed by atoms with Crippen LogP contribution in [-0.2, 0) is 10.8 Å². The van der Waals surface area contributed by atoms with Crippen LogP contribution in [0.3, 0.4) is 0 Å². The van der Waals surface area contributed by atoms with Crippen LogP contribution in [0.4, 0.5) is 11.4 Å². The first-order valence-electron chi connectivity index (χ1n) is 4.92. The Balaban J connectivity index is 2.84. The standard InChI is InChI=1S/C10H13BrN2O3S/c1-7(17(2)16)6-12-9-4-3-8(11)5-10(9)13(14)15/h3-5,7,12H,6H2,1-2H3. The normalized spacial score (nSPS) is 14.1. The van der Waals surface area contributed by atoms with Crippen LogP contribution in [-0.4, -0.2) is 27.2 Å². The van der Waals surface area contributed by atoms with Gasteiger partial charge >= 0.3 is 0 Å². The van der Waals surface area contributed by atoms with E-state index in [1.54, 1.807) is 18.4 Å². The van der Waals surface area contributed by atoms with Crippen molar-refractivity contribution in [3.63, 3.8) is 0 Å². The lowest BCUT2D eigenvalue weighted by Gasteiger charge is -2.11. The third-order valence-electron chi connectivity index (χ3n) is 2.30. The summed E-state index contributed by atoms with van der Waals surface area (Å²) in [4.78, 5) is 10.4. The Morgan fingerprint density at radius 2 is 2.24 bits per heavy atom. The summed E-state index contributed by atoms with van der Waals surface area (Å²) in [6.07, 6.45) is 1.61. The summed E-state index contributed by atoms with van der Waals surface area (Å²) >= 11 is 3.19. The average Bonchev–Trinajstić information content (AvgIpc) is 2.26. The molecule has 1 aromatic rings. The number of anilines is 1. The van der Waals surface area contributed by atoms with Crippen molar-refractivity contribution in [2.24, 2.45) is 0 Å². The van der Waals surface area contributed by atoms with Gasteiger partial charge in [0.1, 0.15) is 5.69 Å². The number of hydrogen-bond acceptors (Lipinski definition) is 4. The molecule has 0 saturated heterocycles. The van der Waals surface area contributed by atoms with Crippen molar-refractivity contribution >= 4 is 38.1 Å². The fourth-order valence-electron chi connectivity index (χ4n) is 1.18. The lowest BCUT2D eigenvalue weighted by atomic mass is 10.2. The largest absolute Gasteiger partial charge is 0.378 e. The van der Waals surface area contributed by atoms with Gasteiger partial charge in [0, 0.05) is 39.4 Å². The summed E-state index contributed by atoms with van der Waals surface area (Å²) in [6, 6.07) is 4.80. The minimum atomic E-state index is -0.947. The van der Waals surface area contributed by atoms with Crippen LogP contribution in [0.15, 0.2) is 22.7 Å². The van der Waals surface area contributed by atoms with Crippen LogP contribution in [0.2, 0.25) is 0 Å². The smallest absolute Gasteiger partial charge is 0.293 e. The fourth-order valence-corrected chi connectivity index (χ4v) is 1.84. The molecule has 2 unspecified atom stereocenters. The Kier molecular flexibility index (Phi) is 5.07. The number of nitro benzene ring substituents is 1. The molecule has 0 spiro atoms. The minimum absolute atomic E-state index is 0.00783. The quantitative estimate of drug-likeness (QED) is 0.668. The Morgan fingerprint density at radius 3 is 2.76 bits per heavy atom. The fraction of sp³-hybridized carbons (Fsp3) is 0.400. The van der Waals surface area contributed by atoms with Crippen LogP contribution in [0.1, 0.15) is 6.92 Å². The topological polar surface area (TPSA) is 72.2 Å². The van der Waals surface area contributed by atoms with Crippen LogP contribution in [0, 0.1) is 10.1 Å². The predicted octanol–water partition coefficient (Wildman–Crippen LogP) is 2.54. The van der Waals surface area contributed by atoms with Gasteiger partial charge in [0.15, 0.2) is 0 Å². The second-order valence-corrected chi connectivity index (χ2v) is 6.33. The number of hydrogen-bond donors (Lipinski definition) is 1. The van der Waals surface area contributed by atoms with Crippen molar-refractivity contribution in [2.45, 2.75) is 12.2 Å². The number of benzene rings is 1. The molecule has 1 rings (SSSR count). The monoisotopic (exact) mass is 320 g/mol. The molecule has 94 valence electrons. The third-order valence-corrected chi connectivity index (χ3v) is 4.10. The molecule has 0 aliphatic carbocycles. The lowest BCUT2D eigenvalue weighted by Crippen LogP contribution is -2.21. The highest BCUT2D eigenvalue weighted by molar-refractivity contribution is 9.10. The van der Waals surface area contributed by atoms with E-state index in [1.807, 2.05) is 6.92 Å². The molecular formula is C10H13BrN2O3S. The first-order valence-corrected chi connectivity index (χ1v) is 7.33. The zero-order valence-electron chi connectivity index (χ0n) is 9.47. The number of nitrogens with zero attached hydrogens (tertiary/aromatic N) is 1. The van der Waals surface area contributed by atoms with E-state index in [2.05, 4.69) is 21.2 Å². The van der Waals surface area contributed by atoms with E-state index in [0.717, 1.165) is 0 Å². The molecule has 0 saturated carbocycles. The maximum atomic E-state index is 11.2. The summed E-state index contributed by atoms with van der Waals surface area (Å²) in [5, 5.41) is 13.7. The van der Waals surface area contributed by atoms with E-state index in [9.17, 15) is 14.3 Å². The van der Waals surface area contributed by atoms with Gasteiger partial charge in [-0.2, -0.15) is 0 Å². The predicted molar refractivity (Wildman–Crippen MR) is 72.8 cm³/mol. The molecule has 0 aliphatic rings. The van der Waals surface area contributed by atoms with Gasteiger partial charge in [-0.05, 0) is 19.1 Å². The van der Waals surface area contributed by atoms with Crippen molar-refractivity contribution in [1.82, 2.24) is 0 Å². The van der Waals surface area contributed by atoms with Crippen LogP contribution < -0.4 is 5.32 Å². The highest BCUT2D eigenvalue weighted by Gasteiger charge is 2.15. The van der Waals surface area contributed by atoms with Crippen LogP contribution in [0.25, 0.3) is 0 Å². The summed E-state index contributed by atoms with van der Waals surface area (Å²) in [7, 11) is -0.947. The van der Waals surface area contributed by atoms with Gasteiger partial charge in [-0.15, -0.1) is 0 Å². The van der Waals surface area contributed by atoms with Gasteiger partial charge in [-0.1, -0.05) is 15.9 Å². The molecule has 0 bridgehead atoms. The number of nitrogens with one attached hydrogen (secondary N) is 1. The molecule has 1 aromatic carbocycles. The van der Waals surface area contributed by atoms with Crippen molar-refractivity contribution in [3.8, 4) is 0 Å². The SMILES string of the molecule is CC(CNc1ccc(Br)cc1[N+](=O)[O-])S(C)=O. The highest BCUT2D eigenvalue weighted by atomic mass is 79.9. The van der Waals surface area contributed by atoms with Crippen LogP contribution in [0.5, 0.6) is 0 Å². The van der Waals surface area contributed by atoms with Crippen molar-refractivity contribution in [1.29, 1.82) is 0 Å². The maximum Gasteiger partial charge on any atom is 0.293 e. The molecule has 0 aromatic heterocycles. The Hall–Kier alpha value is -0.950. The maximum absolute atomic E-state index is 11.2. The van der Waals surface area contributed by atoms with E-state index in [4.69, 9.17) is 0 Å². The Bertz CT molecular complexity index is 453. The van der Waals surface area contributed by atoms with Gasteiger partial charge in [0.25, 0.3) is 5.69 Å². The van der Waals surface area contributed by atoms with Gasteiger partial charge < -0.3 is 5.32 Å². The van der Waals surface area contributed by atoms with Gasteiger partial charge in [0.05, 0.1) is 4.92 Å². The Morgan fingerprint density at radius 1 is 1.59 bits per heavy atom.